The van der Waals surface area contributed by atoms with Crippen molar-refractivity contribution in [3.05, 3.63) is 23.9 Å². The molecule has 5 nitrogen and oxygen atoms in total. The molecule has 1 aliphatic rings. The molecule has 2 rings (SSSR count). The highest BCUT2D eigenvalue weighted by Gasteiger charge is 2.23. The molecule has 0 saturated heterocycles. The van der Waals surface area contributed by atoms with Crippen molar-refractivity contribution in [3.8, 4) is 0 Å². The highest BCUT2D eigenvalue weighted by molar-refractivity contribution is 5.95. The largest absolute Gasteiger partial charge is 0.409 e. The molecule has 0 aliphatic heterocycles. The Hall–Kier alpha value is -1.78. The molecule has 5 heteroatoms. The van der Waals surface area contributed by atoms with Gasteiger partial charge in [0.05, 0.1) is 0 Å². The average molecular weight is 220 g/mol. The van der Waals surface area contributed by atoms with Crippen LogP contribution in [0.2, 0.25) is 0 Å². The highest BCUT2D eigenvalue weighted by Crippen LogP contribution is 2.26. The van der Waals surface area contributed by atoms with Crippen LogP contribution in [-0.2, 0) is 0 Å². The summed E-state index contributed by atoms with van der Waals surface area (Å²) in [6.45, 7) is 0. The first kappa shape index (κ1) is 10.7. The van der Waals surface area contributed by atoms with E-state index in [4.69, 9.17) is 10.9 Å². The van der Waals surface area contributed by atoms with Crippen LogP contribution in [0.1, 0.15) is 25.0 Å². The van der Waals surface area contributed by atoms with Gasteiger partial charge in [-0.2, -0.15) is 0 Å². The van der Waals surface area contributed by atoms with Crippen LogP contribution in [0.15, 0.2) is 23.4 Å². The SMILES string of the molecule is CN(c1cccc(/C(N)=N/O)n1)C1CCC1. The van der Waals surface area contributed by atoms with E-state index in [0.29, 0.717) is 11.7 Å². The molecule has 1 aromatic rings. The van der Waals surface area contributed by atoms with Crippen LogP contribution >= 0.6 is 0 Å². The van der Waals surface area contributed by atoms with E-state index < -0.39 is 0 Å². The minimum Gasteiger partial charge on any atom is -0.409 e. The molecule has 0 radical (unpaired) electrons. The summed E-state index contributed by atoms with van der Waals surface area (Å²) in [7, 11) is 2.03. The third-order valence-corrected chi connectivity index (χ3v) is 3.09. The molecule has 16 heavy (non-hydrogen) atoms. The molecule has 0 amide bonds. The molecular formula is C11H16N4O. The fraction of sp³-hybridized carbons (Fsp3) is 0.455. The number of pyridine rings is 1. The minimum atomic E-state index is 0.0452. The lowest BCUT2D eigenvalue weighted by Gasteiger charge is -2.35. The zero-order valence-electron chi connectivity index (χ0n) is 9.30. The molecule has 0 atom stereocenters. The van der Waals surface area contributed by atoms with Gasteiger partial charge < -0.3 is 15.8 Å². The number of hydrogen-bond acceptors (Lipinski definition) is 4. The molecule has 0 spiro atoms. The maximum Gasteiger partial charge on any atom is 0.188 e. The van der Waals surface area contributed by atoms with Gasteiger partial charge in [-0.3, -0.25) is 0 Å². The Morgan fingerprint density at radius 3 is 2.88 bits per heavy atom. The van der Waals surface area contributed by atoms with Gasteiger partial charge in [-0.1, -0.05) is 11.2 Å². The highest BCUT2D eigenvalue weighted by atomic mass is 16.4. The smallest absolute Gasteiger partial charge is 0.188 e. The first-order valence-corrected chi connectivity index (χ1v) is 5.40. The lowest BCUT2D eigenvalue weighted by Crippen LogP contribution is -2.37. The van der Waals surface area contributed by atoms with Crippen LogP contribution in [0.4, 0.5) is 5.82 Å². The van der Waals surface area contributed by atoms with E-state index in [0.717, 1.165) is 5.82 Å². The standard InChI is InChI=1S/C11H16N4O/c1-15(8-4-2-5-8)10-7-3-6-9(13-10)11(12)14-16/h3,6-8,16H,2,4-5H2,1H3,(H2,12,14). The molecule has 1 fully saturated rings. The summed E-state index contributed by atoms with van der Waals surface area (Å²) >= 11 is 0. The fourth-order valence-electron chi connectivity index (χ4n) is 1.77. The van der Waals surface area contributed by atoms with E-state index in [1.807, 2.05) is 19.2 Å². The average Bonchev–Trinajstić information content (AvgIpc) is 2.26. The number of rotatable bonds is 3. The quantitative estimate of drug-likeness (QED) is 0.347. The maximum atomic E-state index is 8.59. The second-order valence-electron chi connectivity index (χ2n) is 4.06. The number of nitrogens with zero attached hydrogens (tertiary/aromatic N) is 3. The third-order valence-electron chi connectivity index (χ3n) is 3.09. The monoisotopic (exact) mass is 220 g/mol. The summed E-state index contributed by atoms with van der Waals surface area (Å²) in [6, 6.07) is 6.11. The van der Waals surface area contributed by atoms with E-state index >= 15 is 0 Å². The van der Waals surface area contributed by atoms with Gasteiger partial charge in [0.2, 0.25) is 0 Å². The van der Waals surface area contributed by atoms with Crippen molar-refractivity contribution in [2.24, 2.45) is 10.9 Å². The summed E-state index contributed by atoms with van der Waals surface area (Å²) in [6.07, 6.45) is 3.72. The van der Waals surface area contributed by atoms with Crippen LogP contribution in [-0.4, -0.2) is 29.1 Å². The second-order valence-corrected chi connectivity index (χ2v) is 4.06. The number of oxime groups is 1. The van der Waals surface area contributed by atoms with Gasteiger partial charge in [-0.05, 0) is 31.4 Å². The van der Waals surface area contributed by atoms with Gasteiger partial charge in [-0.15, -0.1) is 0 Å². The lowest BCUT2D eigenvalue weighted by molar-refractivity contribution is 0.318. The second kappa shape index (κ2) is 4.38. The van der Waals surface area contributed by atoms with Crippen LogP contribution in [0.25, 0.3) is 0 Å². The molecule has 0 bridgehead atoms. The van der Waals surface area contributed by atoms with Gasteiger partial charge >= 0.3 is 0 Å². The Morgan fingerprint density at radius 1 is 1.56 bits per heavy atom. The summed E-state index contributed by atoms with van der Waals surface area (Å²) in [5, 5.41) is 11.5. The minimum absolute atomic E-state index is 0.0452. The van der Waals surface area contributed by atoms with Gasteiger partial charge in [0, 0.05) is 13.1 Å². The molecule has 0 aromatic carbocycles. The predicted octanol–water partition coefficient (Wildman–Crippen LogP) is 1.16. The maximum absolute atomic E-state index is 8.59. The zero-order valence-corrected chi connectivity index (χ0v) is 9.30. The predicted molar refractivity (Wildman–Crippen MR) is 62.8 cm³/mol. The number of nitrogens with two attached hydrogens (primary N) is 1. The number of hydrogen-bond donors (Lipinski definition) is 2. The molecule has 1 aliphatic carbocycles. The zero-order chi connectivity index (χ0) is 11.5. The number of amidine groups is 1. The topological polar surface area (TPSA) is 74.7 Å². The first-order valence-electron chi connectivity index (χ1n) is 5.40. The van der Waals surface area contributed by atoms with Crippen molar-refractivity contribution in [2.45, 2.75) is 25.3 Å². The molecular weight excluding hydrogens is 204 g/mol. The van der Waals surface area contributed by atoms with Crippen LogP contribution < -0.4 is 10.6 Å². The Bertz CT molecular complexity index is 401. The molecule has 0 unspecified atom stereocenters. The van der Waals surface area contributed by atoms with Crippen molar-refractivity contribution in [1.82, 2.24) is 4.98 Å². The van der Waals surface area contributed by atoms with Gasteiger partial charge in [0.25, 0.3) is 0 Å². The normalized spacial score (nSPS) is 16.9. The third kappa shape index (κ3) is 1.93. The van der Waals surface area contributed by atoms with Crippen LogP contribution in [0.5, 0.6) is 0 Å². The van der Waals surface area contributed by atoms with E-state index in [1.54, 1.807) is 6.07 Å². The molecule has 1 heterocycles. The van der Waals surface area contributed by atoms with E-state index in [2.05, 4.69) is 15.0 Å². The Morgan fingerprint density at radius 2 is 2.31 bits per heavy atom. The summed E-state index contributed by atoms with van der Waals surface area (Å²) in [5.74, 6) is 0.914. The lowest BCUT2D eigenvalue weighted by atomic mass is 9.92. The van der Waals surface area contributed by atoms with Crippen molar-refractivity contribution in [3.63, 3.8) is 0 Å². The summed E-state index contributed by atoms with van der Waals surface area (Å²) in [5.41, 5.74) is 6.01. The van der Waals surface area contributed by atoms with Crippen LogP contribution in [0.3, 0.4) is 0 Å². The van der Waals surface area contributed by atoms with Gasteiger partial charge in [-0.25, -0.2) is 4.98 Å². The fourth-order valence-corrected chi connectivity index (χ4v) is 1.77. The van der Waals surface area contributed by atoms with E-state index in [9.17, 15) is 0 Å². The number of aromatic nitrogens is 1. The van der Waals surface area contributed by atoms with Crippen molar-refractivity contribution < 1.29 is 5.21 Å². The van der Waals surface area contributed by atoms with E-state index in [1.165, 1.54) is 19.3 Å². The molecule has 3 N–H and O–H groups in total. The molecule has 1 saturated carbocycles. The summed E-state index contributed by atoms with van der Waals surface area (Å²) in [4.78, 5) is 6.51. The summed E-state index contributed by atoms with van der Waals surface area (Å²) < 4.78 is 0. The van der Waals surface area contributed by atoms with E-state index in [-0.39, 0.29) is 5.84 Å². The number of anilines is 1. The molecule has 86 valence electrons. The van der Waals surface area contributed by atoms with Crippen LogP contribution in [0, 0.1) is 0 Å². The van der Waals surface area contributed by atoms with Gasteiger partial charge in [0.1, 0.15) is 11.5 Å². The Kier molecular flexibility index (Phi) is 2.94. The molecule has 1 aromatic heterocycles. The van der Waals surface area contributed by atoms with Crippen molar-refractivity contribution in [1.29, 1.82) is 0 Å². The Labute approximate surface area is 94.6 Å². The van der Waals surface area contributed by atoms with Crippen molar-refractivity contribution >= 4 is 11.7 Å². The van der Waals surface area contributed by atoms with Crippen molar-refractivity contribution in [2.75, 3.05) is 11.9 Å². The van der Waals surface area contributed by atoms with Gasteiger partial charge in [0.15, 0.2) is 5.84 Å². The Balaban J connectivity index is 2.21. The first-order chi connectivity index (χ1) is 7.72.